The molecule has 2 aromatic heterocycles. The van der Waals surface area contributed by atoms with Gasteiger partial charge >= 0.3 is 0 Å². The number of hydrogen-bond donors (Lipinski definition) is 0. The van der Waals surface area contributed by atoms with Crippen molar-refractivity contribution in [3.8, 4) is 20.8 Å². The summed E-state index contributed by atoms with van der Waals surface area (Å²) in [7, 11) is 0. The van der Waals surface area contributed by atoms with Crippen LogP contribution in [0.5, 0.6) is 20.8 Å². The van der Waals surface area contributed by atoms with Crippen molar-refractivity contribution in [2.45, 2.75) is 0 Å². The van der Waals surface area contributed by atoms with Crippen LogP contribution in [0.4, 0.5) is 0 Å². The van der Waals surface area contributed by atoms with Crippen molar-refractivity contribution in [2.24, 2.45) is 0 Å². The van der Waals surface area contributed by atoms with E-state index in [0.29, 0.717) is 60.4 Å². The highest BCUT2D eigenvalue weighted by molar-refractivity contribution is 7.15. The minimum Gasteiger partial charge on any atom is -0.466 e. The van der Waals surface area contributed by atoms with Gasteiger partial charge in [-0.1, -0.05) is 20.4 Å². The van der Waals surface area contributed by atoms with Crippen LogP contribution in [-0.2, 0) is 4.74 Å². The Labute approximate surface area is 127 Å². The van der Waals surface area contributed by atoms with Crippen LogP contribution in [-0.4, -0.2) is 60.0 Å². The van der Waals surface area contributed by atoms with Gasteiger partial charge in [-0.25, -0.2) is 0 Å². The third-order valence-corrected chi connectivity index (χ3v) is 3.71. The topological polar surface area (TPSA) is 97.7 Å². The van der Waals surface area contributed by atoms with E-state index in [1.54, 1.807) is 0 Å². The van der Waals surface area contributed by atoms with Crippen LogP contribution in [0.15, 0.2) is 0 Å². The predicted octanol–water partition coefficient (Wildman–Crippen LogP) is 0.635. The van der Waals surface area contributed by atoms with Crippen molar-refractivity contribution < 1.29 is 23.7 Å². The predicted molar refractivity (Wildman–Crippen MR) is 72.6 cm³/mol. The lowest BCUT2D eigenvalue weighted by Crippen LogP contribution is -2.12. The fourth-order valence-electron chi connectivity index (χ4n) is 1.36. The SMILES string of the molecule is C1COc2nnc(s2)OCCOc2nnc(s2)OCCO1. The van der Waals surface area contributed by atoms with Gasteiger partial charge < -0.3 is 23.7 Å². The quantitative estimate of drug-likeness (QED) is 0.688. The highest BCUT2D eigenvalue weighted by Crippen LogP contribution is 2.25. The summed E-state index contributed by atoms with van der Waals surface area (Å²) in [4.78, 5) is 0. The molecule has 11 heteroatoms. The fourth-order valence-corrected chi connectivity index (χ4v) is 2.56. The van der Waals surface area contributed by atoms with Crippen molar-refractivity contribution in [3.05, 3.63) is 0 Å². The van der Waals surface area contributed by atoms with Crippen molar-refractivity contribution in [3.63, 3.8) is 0 Å². The summed E-state index contributed by atoms with van der Waals surface area (Å²) in [6.07, 6.45) is 0. The molecule has 0 amide bonds. The number of aromatic nitrogens is 4. The highest BCUT2D eigenvalue weighted by Gasteiger charge is 2.09. The van der Waals surface area contributed by atoms with Crippen molar-refractivity contribution in [1.82, 2.24) is 20.4 Å². The normalized spacial score (nSPS) is 16.8. The zero-order valence-corrected chi connectivity index (χ0v) is 12.5. The molecular weight excluding hydrogens is 320 g/mol. The number of nitrogens with zero attached hydrogens (tertiary/aromatic N) is 4. The second kappa shape index (κ2) is 7.33. The molecule has 0 fully saturated rings. The largest absolute Gasteiger partial charge is 0.466 e. The van der Waals surface area contributed by atoms with E-state index in [9.17, 15) is 0 Å². The molecule has 0 N–H and O–H groups in total. The molecule has 0 saturated carbocycles. The average molecular weight is 332 g/mol. The monoisotopic (exact) mass is 332 g/mol. The summed E-state index contributed by atoms with van der Waals surface area (Å²) in [6.45, 7) is 2.30. The maximum Gasteiger partial charge on any atom is 0.297 e. The molecule has 3 rings (SSSR count). The lowest BCUT2D eigenvalue weighted by Gasteiger charge is -2.04. The van der Waals surface area contributed by atoms with Crippen LogP contribution in [0.1, 0.15) is 0 Å². The van der Waals surface area contributed by atoms with E-state index in [1.165, 1.54) is 22.7 Å². The molecule has 0 atom stereocenters. The molecule has 1 aliphatic heterocycles. The smallest absolute Gasteiger partial charge is 0.297 e. The Morgan fingerprint density at radius 3 is 1.24 bits per heavy atom. The summed E-state index contributed by atoms with van der Waals surface area (Å²) in [5.41, 5.74) is 0. The molecular formula is C10H12N4O5S2. The van der Waals surface area contributed by atoms with Crippen molar-refractivity contribution in [2.75, 3.05) is 39.6 Å². The van der Waals surface area contributed by atoms with E-state index in [4.69, 9.17) is 23.7 Å². The molecule has 0 aliphatic carbocycles. The van der Waals surface area contributed by atoms with E-state index in [-0.39, 0.29) is 0 Å². The summed E-state index contributed by atoms with van der Waals surface area (Å²) in [5.74, 6) is 0. The number of fused-ring (bicyclic) bond motifs is 4. The van der Waals surface area contributed by atoms with E-state index in [0.717, 1.165) is 0 Å². The first-order chi connectivity index (χ1) is 10.4. The van der Waals surface area contributed by atoms with E-state index < -0.39 is 0 Å². The summed E-state index contributed by atoms with van der Waals surface area (Å²) < 4.78 is 26.9. The number of hydrogen-bond acceptors (Lipinski definition) is 11. The Balaban J connectivity index is 1.58. The Bertz CT molecular complexity index is 515. The average Bonchev–Trinajstić information content (AvgIpc) is 3.11. The van der Waals surface area contributed by atoms with Gasteiger partial charge in [0, 0.05) is 0 Å². The third kappa shape index (κ3) is 4.37. The van der Waals surface area contributed by atoms with Crippen LogP contribution < -0.4 is 18.9 Å². The molecule has 2 aromatic rings. The summed E-state index contributed by atoms with van der Waals surface area (Å²) in [5, 5.41) is 17.2. The van der Waals surface area contributed by atoms with E-state index in [2.05, 4.69) is 20.4 Å². The molecule has 114 valence electrons. The lowest BCUT2D eigenvalue weighted by molar-refractivity contribution is 0.0759. The number of rotatable bonds is 0. The van der Waals surface area contributed by atoms with Gasteiger partial charge in [0.1, 0.15) is 26.4 Å². The first-order valence-electron chi connectivity index (χ1n) is 6.16. The Morgan fingerprint density at radius 2 is 0.857 bits per heavy atom. The Kier molecular flexibility index (Phi) is 4.97. The summed E-state index contributed by atoms with van der Waals surface area (Å²) in [6, 6.07) is 0. The zero-order valence-electron chi connectivity index (χ0n) is 10.9. The standard InChI is InChI=1S/C10H12N4O5S2/c1-3-16-7-11-13-9(20-7)18-5-6-19-10-14-12-8(21-10)17-4-2-15-1/h1-6H2. The first-order valence-corrected chi connectivity index (χ1v) is 7.79. The molecule has 4 bridgehead atoms. The minimum absolute atomic E-state index is 0.327. The third-order valence-electron chi connectivity index (χ3n) is 2.22. The van der Waals surface area contributed by atoms with Gasteiger partial charge in [0.15, 0.2) is 0 Å². The van der Waals surface area contributed by atoms with Gasteiger partial charge in [-0.2, -0.15) is 0 Å². The second-order valence-corrected chi connectivity index (χ2v) is 5.48. The van der Waals surface area contributed by atoms with E-state index in [1.807, 2.05) is 0 Å². The molecule has 3 heterocycles. The summed E-state index contributed by atoms with van der Waals surface area (Å²) >= 11 is 2.45. The van der Waals surface area contributed by atoms with Crippen molar-refractivity contribution >= 4 is 22.7 Å². The van der Waals surface area contributed by atoms with Crippen LogP contribution in [0, 0.1) is 0 Å². The molecule has 1 aliphatic rings. The Hall–Kier alpha value is -1.72. The van der Waals surface area contributed by atoms with Gasteiger partial charge in [0.25, 0.3) is 20.8 Å². The highest BCUT2D eigenvalue weighted by atomic mass is 32.1. The van der Waals surface area contributed by atoms with Crippen LogP contribution in [0.25, 0.3) is 0 Å². The van der Waals surface area contributed by atoms with Crippen LogP contribution in [0.3, 0.4) is 0 Å². The minimum atomic E-state index is 0.327. The first kappa shape index (κ1) is 14.2. The molecule has 0 saturated heterocycles. The number of ether oxygens (including phenoxy) is 5. The second-order valence-electron chi connectivity index (χ2n) is 3.67. The van der Waals surface area contributed by atoms with Gasteiger partial charge in [-0.05, 0) is 22.7 Å². The van der Waals surface area contributed by atoms with Gasteiger partial charge in [-0.3, -0.25) is 0 Å². The molecule has 21 heavy (non-hydrogen) atoms. The molecule has 9 nitrogen and oxygen atoms in total. The van der Waals surface area contributed by atoms with Gasteiger partial charge in [0.2, 0.25) is 0 Å². The van der Waals surface area contributed by atoms with Crippen LogP contribution in [0.2, 0.25) is 0 Å². The van der Waals surface area contributed by atoms with Gasteiger partial charge in [-0.15, -0.1) is 0 Å². The van der Waals surface area contributed by atoms with Crippen LogP contribution >= 0.6 is 22.7 Å². The fraction of sp³-hybridized carbons (Fsp3) is 0.600. The Morgan fingerprint density at radius 1 is 0.524 bits per heavy atom. The zero-order chi connectivity index (χ0) is 14.3. The van der Waals surface area contributed by atoms with E-state index >= 15 is 0 Å². The maximum atomic E-state index is 5.39. The lowest BCUT2D eigenvalue weighted by atomic mass is 10.7. The van der Waals surface area contributed by atoms with Crippen molar-refractivity contribution in [1.29, 1.82) is 0 Å². The molecule has 0 unspecified atom stereocenters. The molecule has 0 spiro atoms. The maximum absolute atomic E-state index is 5.39. The molecule has 0 aromatic carbocycles. The van der Waals surface area contributed by atoms with Gasteiger partial charge in [0.05, 0.1) is 13.2 Å². The molecule has 0 radical (unpaired) electrons.